The van der Waals surface area contributed by atoms with Crippen molar-refractivity contribution in [3.8, 4) is 5.75 Å². The first-order valence-electron chi connectivity index (χ1n) is 14.2. The molecule has 13 nitrogen and oxygen atoms in total. The van der Waals surface area contributed by atoms with Gasteiger partial charge in [-0.3, -0.25) is 9.78 Å². The number of pyridine rings is 1. The molecule has 0 saturated carbocycles. The SMILES string of the molecule is CC(=O)CCCOCCOCCNc1nc(Nc2ccc(O)cc2)nc(Nc2ccc(C(=O)NCc3cccnc3)cc2)n1. The Balaban J connectivity index is 1.32. The summed E-state index contributed by atoms with van der Waals surface area (Å²) in [5.74, 6) is 0.976. The Morgan fingerprint density at radius 2 is 1.43 bits per heavy atom. The summed E-state index contributed by atoms with van der Waals surface area (Å²) in [6.07, 6.45) is 4.62. The number of ketones is 1. The third-order valence-corrected chi connectivity index (χ3v) is 6.06. The number of phenols is 1. The van der Waals surface area contributed by atoms with Gasteiger partial charge in [-0.05, 0) is 73.5 Å². The standard InChI is InChI=1S/C31H36N8O5/c1-22(40)4-3-16-43-18-19-44-17-15-33-29-37-30(39-31(38-29)36-26-10-12-27(41)13-11-26)35-25-8-6-24(7-9-25)28(42)34-21-23-5-2-14-32-20-23/h2,5-14,20,41H,3-4,15-19,21H2,1H3,(H,34,42)(H3,33,35,36,37,38,39). The molecule has 0 aliphatic rings. The van der Waals surface area contributed by atoms with Crippen molar-refractivity contribution in [2.45, 2.75) is 26.3 Å². The number of aromatic hydroxyl groups is 1. The topological polar surface area (TPSA) is 173 Å². The van der Waals surface area contributed by atoms with Crippen molar-refractivity contribution in [2.24, 2.45) is 0 Å². The molecule has 0 spiro atoms. The Hall–Kier alpha value is -5.14. The maximum absolute atomic E-state index is 12.6. The smallest absolute Gasteiger partial charge is 0.251 e. The number of phenolic OH excluding ortho intramolecular Hbond substituents is 1. The monoisotopic (exact) mass is 600 g/mol. The summed E-state index contributed by atoms with van der Waals surface area (Å²) in [5, 5.41) is 21.9. The number of hydrogen-bond donors (Lipinski definition) is 5. The van der Waals surface area contributed by atoms with E-state index in [2.05, 4.69) is 41.2 Å². The summed E-state index contributed by atoms with van der Waals surface area (Å²) in [4.78, 5) is 41.0. The van der Waals surface area contributed by atoms with Crippen LogP contribution in [-0.2, 0) is 20.8 Å². The number of benzene rings is 2. The summed E-state index contributed by atoms with van der Waals surface area (Å²) < 4.78 is 11.1. The van der Waals surface area contributed by atoms with Gasteiger partial charge in [0.1, 0.15) is 11.5 Å². The number of anilines is 5. The van der Waals surface area contributed by atoms with Crippen LogP contribution in [0.4, 0.5) is 29.2 Å². The van der Waals surface area contributed by atoms with E-state index in [4.69, 9.17) is 9.47 Å². The zero-order valence-corrected chi connectivity index (χ0v) is 24.5. The van der Waals surface area contributed by atoms with Gasteiger partial charge in [0.2, 0.25) is 17.8 Å². The van der Waals surface area contributed by atoms with Crippen LogP contribution in [0.5, 0.6) is 5.75 Å². The molecule has 4 rings (SSSR count). The van der Waals surface area contributed by atoms with Gasteiger partial charge < -0.3 is 40.6 Å². The number of nitrogens with zero attached hydrogens (tertiary/aromatic N) is 4. The molecule has 0 bridgehead atoms. The molecule has 44 heavy (non-hydrogen) atoms. The molecule has 0 fully saturated rings. The van der Waals surface area contributed by atoms with Crippen molar-refractivity contribution in [3.63, 3.8) is 0 Å². The molecule has 0 atom stereocenters. The molecule has 2 heterocycles. The van der Waals surface area contributed by atoms with Crippen LogP contribution >= 0.6 is 0 Å². The highest BCUT2D eigenvalue weighted by atomic mass is 16.5. The lowest BCUT2D eigenvalue weighted by Gasteiger charge is -2.12. The normalized spacial score (nSPS) is 10.7. The van der Waals surface area contributed by atoms with Gasteiger partial charge in [-0.25, -0.2) is 0 Å². The van der Waals surface area contributed by atoms with Crippen molar-refractivity contribution < 1.29 is 24.2 Å². The Kier molecular flexibility index (Phi) is 12.3. The highest BCUT2D eigenvalue weighted by Gasteiger charge is 2.10. The summed E-state index contributed by atoms with van der Waals surface area (Å²) in [7, 11) is 0. The van der Waals surface area contributed by atoms with Crippen molar-refractivity contribution in [1.82, 2.24) is 25.3 Å². The van der Waals surface area contributed by atoms with Crippen LogP contribution in [0.25, 0.3) is 0 Å². The van der Waals surface area contributed by atoms with Crippen LogP contribution in [0.3, 0.4) is 0 Å². The second-order valence-electron chi connectivity index (χ2n) is 9.68. The Morgan fingerprint density at radius 1 is 0.795 bits per heavy atom. The minimum absolute atomic E-state index is 0.145. The number of amides is 1. The van der Waals surface area contributed by atoms with Crippen LogP contribution in [-0.4, -0.2) is 69.7 Å². The molecule has 0 aliphatic carbocycles. The predicted molar refractivity (Wildman–Crippen MR) is 166 cm³/mol. The van der Waals surface area contributed by atoms with E-state index in [1.165, 1.54) is 0 Å². The van der Waals surface area contributed by atoms with Gasteiger partial charge in [-0.2, -0.15) is 15.0 Å². The molecule has 1 amide bonds. The molecule has 2 aromatic heterocycles. The second-order valence-corrected chi connectivity index (χ2v) is 9.68. The van der Waals surface area contributed by atoms with E-state index in [0.717, 1.165) is 5.56 Å². The number of Topliss-reactive ketones (excluding diaryl/α,β-unsaturated/α-hetero) is 1. The third-order valence-electron chi connectivity index (χ3n) is 6.06. The number of ether oxygens (including phenoxy) is 2. The van der Waals surface area contributed by atoms with Gasteiger partial charge in [0.15, 0.2) is 0 Å². The van der Waals surface area contributed by atoms with E-state index < -0.39 is 0 Å². The van der Waals surface area contributed by atoms with E-state index in [9.17, 15) is 14.7 Å². The average Bonchev–Trinajstić information content (AvgIpc) is 3.02. The minimum Gasteiger partial charge on any atom is -0.508 e. The fourth-order valence-corrected chi connectivity index (χ4v) is 3.84. The predicted octanol–water partition coefficient (Wildman–Crippen LogP) is 4.20. The first kappa shape index (κ1) is 31.8. The lowest BCUT2D eigenvalue weighted by molar-refractivity contribution is -0.117. The van der Waals surface area contributed by atoms with Crippen LogP contribution in [0.2, 0.25) is 0 Å². The van der Waals surface area contributed by atoms with Crippen molar-refractivity contribution >= 4 is 40.9 Å². The van der Waals surface area contributed by atoms with E-state index in [-0.39, 0.29) is 29.3 Å². The van der Waals surface area contributed by atoms with Crippen LogP contribution in [0.1, 0.15) is 35.7 Å². The van der Waals surface area contributed by atoms with Gasteiger partial charge >= 0.3 is 0 Å². The fourth-order valence-electron chi connectivity index (χ4n) is 3.84. The van der Waals surface area contributed by atoms with E-state index in [1.807, 2.05) is 12.1 Å². The fraction of sp³-hybridized carbons (Fsp3) is 0.290. The van der Waals surface area contributed by atoms with Gasteiger partial charge in [0.05, 0.1) is 19.8 Å². The number of aromatic nitrogens is 4. The average molecular weight is 601 g/mol. The molecule has 0 radical (unpaired) electrons. The van der Waals surface area contributed by atoms with E-state index in [0.29, 0.717) is 75.2 Å². The summed E-state index contributed by atoms with van der Waals surface area (Å²) in [5.41, 5.74) is 2.77. The summed E-state index contributed by atoms with van der Waals surface area (Å²) >= 11 is 0. The number of rotatable bonds is 18. The highest BCUT2D eigenvalue weighted by Crippen LogP contribution is 2.21. The first-order chi connectivity index (χ1) is 21.4. The highest BCUT2D eigenvalue weighted by molar-refractivity contribution is 5.94. The molecule has 4 aromatic rings. The minimum atomic E-state index is -0.200. The molecule has 0 aliphatic heterocycles. The molecule has 2 aromatic carbocycles. The maximum atomic E-state index is 12.6. The summed E-state index contributed by atoms with van der Waals surface area (Å²) in [6.45, 7) is 4.19. The van der Waals surface area contributed by atoms with Gasteiger partial charge in [0.25, 0.3) is 5.91 Å². The van der Waals surface area contributed by atoms with Crippen molar-refractivity contribution in [1.29, 1.82) is 0 Å². The van der Waals surface area contributed by atoms with Gasteiger partial charge in [0, 0.05) is 55.4 Å². The molecule has 0 unspecified atom stereocenters. The lowest BCUT2D eigenvalue weighted by atomic mass is 10.2. The van der Waals surface area contributed by atoms with Gasteiger partial charge in [-0.1, -0.05) is 6.07 Å². The quantitative estimate of drug-likeness (QED) is 0.0815. The van der Waals surface area contributed by atoms with Crippen molar-refractivity contribution in [2.75, 3.05) is 48.9 Å². The first-order valence-corrected chi connectivity index (χ1v) is 14.2. The number of nitrogens with one attached hydrogen (secondary N) is 4. The third kappa shape index (κ3) is 11.3. The molecular formula is C31H36N8O5. The molecule has 5 N–H and O–H groups in total. The van der Waals surface area contributed by atoms with Gasteiger partial charge in [-0.15, -0.1) is 0 Å². The van der Waals surface area contributed by atoms with E-state index in [1.54, 1.807) is 67.8 Å². The Bertz CT molecular complexity index is 1470. The maximum Gasteiger partial charge on any atom is 0.251 e. The Morgan fingerprint density at radius 3 is 2.07 bits per heavy atom. The van der Waals surface area contributed by atoms with Crippen LogP contribution < -0.4 is 21.3 Å². The van der Waals surface area contributed by atoms with E-state index >= 15 is 0 Å². The molecule has 230 valence electrons. The van der Waals surface area contributed by atoms with Crippen molar-refractivity contribution in [3.05, 3.63) is 84.2 Å². The van der Waals surface area contributed by atoms with Crippen LogP contribution in [0, 0.1) is 0 Å². The second kappa shape index (κ2) is 17.1. The zero-order chi connectivity index (χ0) is 31.0. The lowest BCUT2D eigenvalue weighted by Crippen LogP contribution is -2.22. The number of carbonyl (C=O) groups is 2. The zero-order valence-electron chi connectivity index (χ0n) is 24.5. The molecule has 0 saturated heterocycles. The molecule has 13 heteroatoms. The largest absolute Gasteiger partial charge is 0.508 e. The Labute approximate surface area is 255 Å². The van der Waals surface area contributed by atoms with Crippen LogP contribution in [0.15, 0.2) is 73.1 Å². The number of hydrogen-bond acceptors (Lipinski definition) is 12. The molecular weight excluding hydrogens is 564 g/mol. The summed E-state index contributed by atoms with van der Waals surface area (Å²) in [6, 6.07) is 17.2. The number of carbonyl (C=O) groups excluding carboxylic acids is 2.